The maximum Gasteiger partial charge on any atom is 0.417 e. The lowest BCUT2D eigenvalue weighted by atomic mass is 9.90. The van der Waals surface area contributed by atoms with E-state index in [0.717, 1.165) is 25.1 Å². The smallest absolute Gasteiger partial charge is 0.351 e. The zero-order valence-corrected chi connectivity index (χ0v) is 19.2. The van der Waals surface area contributed by atoms with Gasteiger partial charge in [0.2, 0.25) is 11.9 Å². The first-order valence-electron chi connectivity index (χ1n) is 11.2. The summed E-state index contributed by atoms with van der Waals surface area (Å²) in [5, 5.41) is 13.0. The van der Waals surface area contributed by atoms with Gasteiger partial charge in [0.15, 0.2) is 0 Å². The normalized spacial score (nSPS) is 16.7. The molecule has 1 saturated heterocycles. The van der Waals surface area contributed by atoms with Crippen molar-refractivity contribution in [3.05, 3.63) is 35.8 Å². The third-order valence-corrected chi connectivity index (χ3v) is 6.33. The molecule has 0 aliphatic carbocycles. The Kier molecular flexibility index (Phi) is 6.62. The Labute approximate surface area is 199 Å². The first kappa shape index (κ1) is 24.4. The summed E-state index contributed by atoms with van der Waals surface area (Å²) in [6.07, 6.45) is 0.605. The second kappa shape index (κ2) is 9.50. The minimum atomic E-state index is -4.55. The molecule has 3 aromatic heterocycles. The van der Waals surface area contributed by atoms with Crippen molar-refractivity contribution in [2.75, 3.05) is 18.4 Å². The summed E-state index contributed by atoms with van der Waals surface area (Å²) in [7, 11) is 0. The van der Waals surface area contributed by atoms with Gasteiger partial charge in [-0.15, -0.1) is 0 Å². The zero-order chi connectivity index (χ0) is 25.3. The van der Waals surface area contributed by atoms with Crippen LogP contribution >= 0.6 is 0 Å². The molecule has 3 aromatic rings. The predicted molar refractivity (Wildman–Crippen MR) is 123 cm³/mol. The van der Waals surface area contributed by atoms with E-state index in [1.165, 1.54) is 12.4 Å². The molecule has 0 aromatic carbocycles. The quantitative estimate of drug-likeness (QED) is 0.503. The van der Waals surface area contributed by atoms with Crippen LogP contribution in [0.4, 0.5) is 19.1 Å². The van der Waals surface area contributed by atoms with Crippen LogP contribution in [0.3, 0.4) is 0 Å². The Balaban J connectivity index is 1.57. The maximum atomic E-state index is 13.2. The second-order valence-electron chi connectivity index (χ2n) is 8.77. The van der Waals surface area contributed by atoms with Crippen LogP contribution in [0.15, 0.2) is 24.7 Å². The van der Waals surface area contributed by atoms with Gasteiger partial charge in [0.05, 0.1) is 29.1 Å². The second-order valence-corrected chi connectivity index (χ2v) is 8.77. The van der Waals surface area contributed by atoms with Crippen molar-refractivity contribution in [2.45, 2.75) is 44.9 Å². The van der Waals surface area contributed by atoms with Crippen molar-refractivity contribution in [2.24, 2.45) is 11.7 Å². The topological polar surface area (TPSA) is 137 Å². The molecular formula is C23H25F3N8O. The minimum Gasteiger partial charge on any atom is -0.351 e. The molecule has 0 saturated carbocycles. The van der Waals surface area contributed by atoms with Gasteiger partial charge in [-0.05, 0) is 38.7 Å². The minimum absolute atomic E-state index is 0.0372. The number of rotatable bonds is 5. The molecular weight excluding hydrogens is 461 g/mol. The Morgan fingerprint density at radius 2 is 2.00 bits per heavy atom. The summed E-state index contributed by atoms with van der Waals surface area (Å²) in [6, 6.07) is 2.43. The summed E-state index contributed by atoms with van der Waals surface area (Å²) >= 11 is 0. The zero-order valence-electron chi connectivity index (χ0n) is 19.2. The van der Waals surface area contributed by atoms with Gasteiger partial charge in [-0.25, -0.2) is 15.0 Å². The molecule has 4 heterocycles. The van der Waals surface area contributed by atoms with Gasteiger partial charge in [0.1, 0.15) is 11.7 Å². The first-order valence-corrected chi connectivity index (χ1v) is 11.2. The lowest BCUT2D eigenvalue weighted by Crippen LogP contribution is -2.47. The number of nitrogens with two attached hydrogens (primary N) is 1. The number of fused-ring (bicyclic) bond motifs is 1. The molecule has 35 heavy (non-hydrogen) atoms. The summed E-state index contributed by atoms with van der Waals surface area (Å²) in [5.41, 5.74) is 5.74. The summed E-state index contributed by atoms with van der Waals surface area (Å²) in [5.74, 6) is 0.447. The molecule has 0 spiro atoms. The summed E-state index contributed by atoms with van der Waals surface area (Å²) in [4.78, 5) is 29.3. The third kappa shape index (κ3) is 5.05. The Hall–Kier alpha value is -3.72. The fraction of sp³-hybridized carbons (Fsp3) is 0.435. The number of carbonyl (C=O) groups excluding carboxylic acids is 1. The number of anilines is 1. The van der Waals surface area contributed by atoms with Crippen molar-refractivity contribution in [3.8, 4) is 17.3 Å². The molecule has 0 bridgehead atoms. The van der Waals surface area contributed by atoms with Crippen LogP contribution < -0.4 is 11.1 Å². The average molecular weight is 487 g/mol. The number of likely N-dealkylation sites (tertiary alicyclic amines) is 1. The highest BCUT2D eigenvalue weighted by atomic mass is 19.4. The van der Waals surface area contributed by atoms with Gasteiger partial charge in [-0.3, -0.25) is 4.79 Å². The fourth-order valence-electron chi connectivity index (χ4n) is 4.32. The molecule has 0 radical (unpaired) electrons. The maximum absolute atomic E-state index is 13.2. The molecule has 12 heteroatoms. The molecule has 1 fully saturated rings. The van der Waals surface area contributed by atoms with E-state index >= 15 is 0 Å². The molecule has 1 aliphatic rings. The van der Waals surface area contributed by atoms with Gasteiger partial charge < -0.3 is 20.9 Å². The molecule has 1 amide bonds. The van der Waals surface area contributed by atoms with E-state index in [-0.39, 0.29) is 46.1 Å². The highest BCUT2D eigenvalue weighted by Gasteiger charge is 2.32. The number of H-pyrrole nitrogens is 1. The number of nitriles is 1. The van der Waals surface area contributed by atoms with E-state index in [1.54, 1.807) is 11.8 Å². The first-order chi connectivity index (χ1) is 16.6. The predicted octanol–water partition coefficient (Wildman–Crippen LogP) is 3.30. The standard InChI is InChI=1S/C23H25F3N8O/c1-12(28)21(35)34-5-3-14(4-6-34)13(2)32-22-31-9-15(8-27)19(33-22)18-11-30-20-17(18)7-16(10-29-20)23(24,25)26/h7,9-14H,3-6,28H2,1-2H3,(H,29,30)(H,31,32,33)/t12?,13-/m1/s1. The van der Waals surface area contributed by atoms with E-state index in [4.69, 9.17) is 5.73 Å². The molecule has 2 atom stereocenters. The van der Waals surface area contributed by atoms with Gasteiger partial charge >= 0.3 is 6.18 Å². The number of pyridine rings is 1. The average Bonchev–Trinajstić information content (AvgIpc) is 3.26. The highest BCUT2D eigenvalue weighted by molar-refractivity contribution is 5.94. The summed E-state index contributed by atoms with van der Waals surface area (Å²) in [6.45, 7) is 4.88. The van der Waals surface area contributed by atoms with Crippen molar-refractivity contribution in [3.63, 3.8) is 0 Å². The lowest BCUT2D eigenvalue weighted by Gasteiger charge is -2.35. The van der Waals surface area contributed by atoms with E-state index in [2.05, 4.69) is 25.3 Å². The lowest BCUT2D eigenvalue weighted by molar-refractivity contribution is -0.137. The third-order valence-electron chi connectivity index (χ3n) is 6.33. The number of hydrogen-bond donors (Lipinski definition) is 3. The number of carbonyl (C=O) groups is 1. The van der Waals surface area contributed by atoms with Crippen molar-refractivity contribution in [1.29, 1.82) is 5.26 Å². The number of halogens is 3. The van der Waals surface area contributed by atoms with Crippen molar-refractivity contribution in [1.82, 2.24) is 24.8 Å². The Bertz CT molecular complexity index is 1270. The van der Waals surface area contributed by atoms with E-state index < -0.39 is 17.8 Å². The largest absolute Gasteiger partial charge is 0.417 e. The molecule has 184 valence electrons. The van der Waals surface area contributed by atoms with Crippen LogP contribution in [0.25, 0.3) is 22.3 Å². The van der Waals surface area contributed by atoms with E-state index in [9.17, 15) is 23.2 Å². The monoisotopic (exact) mass is 486 g/mol. The Morgan fingerprint density at radius 1 is 1.29 bits per heavy atom. The Morgan fingerprint density at radius 3 is 2.63 bits per heavy atom. The van der Waals surface area contributed by atoms with Gasteiger partial charge in [-0.1, -0.05) is 0 Å². The number of hydrogen-bond acceptors (Lipinski definition) is 7. The van der Waals surface area contributed by atoms with Gasteiger partial charge in [0.25, 0.3) is 0 Å². The highest BCUT2D eigenvalue weighted by Crippen LogP contribution is 2.35. The number of amides is 1. The number of aromatic nitrogens is 4. The van der Waals surface area contributed by atoms with Crippen LogP contribution in [-0.4, -0.2) is 55.9 Å². The van der Waals surface area contributed by atoms with Crippen LogP contribution in [0, 0.1) is 17.2 Å². The van der Waals surface area contributed by atoms with Crippen molar-refractivity contribution >= 4 is 22.9 Å². The number of alkyl halides is 3. The van der Waals surface area contributed by atoms with E-state index in [0.29, 0.717) is 18.7 Å². The number of piperidine rings is 1. The molecule has 1 aliphatic heterocycles. The number of nitrogens with zero attached hydrogens (tertiary/aromatic N) is 5. The summed E-state index contributed by atoms with van der Waals surface area (Å²) < 4.78 is 39.7. The number of nitrogens with one attached hydrogen (secondary N) is 2. The number of aromatic amines is 1. The van der Waals surface area contributed by atoms with Crippen LogP contribution in [0.5, 0.6) is 0 Å². The van der Waals surface area contributed by atoms with Crippen LogP contribution in [0.2, 0.25) is 0 Å². The van der Waals surface area contributed by atoms with Gasteiger partial charge in [-0.2, -0.15) is 18.4 Å². The van der Waals surface area contributed by atoms with E-state index in [1.807, 2.05) is 13.0 Å². The molecule has 1 unspecified atom stereocenters. The SMILES string of the molecule is CC(N)C(=O)N1CCC([C@@H](C)Nc2ncc(C#N)c(-c3c[nH]c4ncc(C(F)(F)F)cc34)n2)CC1. The van der Waals surface area contributed by atoms with Crippen LogP contribution in [0.1, 0.15) is 37.8 Å². The van der Waals surface area contributed by atoms with Gasteiger partial charge in [0, 0.05) is 42.5 Å². The van der Waals surface area contributed by atoms with Crippen LogP contribution in [-0.2, 0) is 11.0 Å². The fourth-order valence-corrected chi connectivity index (χ4v) is 4.32. The molecule has 4 rings (SSSR count). The molecule has 4 N–H and O–H groups in total. The molecule has 9 nitrogen and oxygen atoms in total. The van der Waals surface area contributed by atoms with Crippen molar-refractivity contribution < 1.29 is 18.0 Å².